The number of hydrogen-bond donors (Lipinski definition) is 2. The van der Waals surface area contributed by atoms with E-state index in [1.54, 1.807) is 0 Å². The molecule has 0 amide bonds. The van der Waals surface area contributed by atoms with Gasteiger partial charge in [-0.3, -0.25) is 9.59 Å². The molecular weight excluding hydrogens is 432 g/mol. The maximum atomic E-state index is 11.7. The number of hydrogen-bond acceptors (Lipinski definition) is 6. The van der Waals surface area contributed by atoms with E-state index in [9.17, 15) is 19.8 Å². The Morgan fingerprint density at radius 1 is 0.676 bits per heavy atom. The second kappa shape index (κ2) is 10.5. The molecule has 0 bridgehead atoms. The van der Waals surface area contributed by atoms with Crippen LogP contribution in [0.25, 0.3) is 11.1 Å². The Morgan fingerprint density at radius 3 is 1.26 bits per heavy atom. The number of rotatable bonds is 7. The molecule has 0 aliphatic rings. The van der Waals surface area contributed by atoms with Crippen molar-refractivity contribution in [1.29, 1.82) is 0 Å². The Morgan fingerprint density at radius 2 is 1.00 bits per heavy atom. The average molecular weight is 471 g/mol. The summed E-state index contributed by atoms with van der Waals surface area (Å²) in [4.78, 5) is 23.5. The van der Waals surface area contributed by atoms with Gasteiger partial charge in [-0.05, 0) is 46.9 Å². The lowest BCUT2D eigenvalue weighted by Crippen LogP contribution is -2.14. The normalized spacial score (nSPS) is 11.9. The molecule has 0 saturated heterocycles. The SMILES string of the molecule is COC(=O)CCc1cc(-c2cc(CCC(=O)OC)cc(C(C)(C)C)c2O)c(O)c(C(C)(C)C)c1. The number of benzene rings is 2. The van der Waals surface area contributed by atoms with Crippen molar-refractivity contribution in [2.75, 3.05) is 14.2 Å². The summed E-state index contributed by atoms with van der Waals surface area (Å²) in [7, 11) is 2.72. The Hall–Kier alpha value is -3.02. The van der Waals surface area contributed by atoms with E-state index in [4.69, 9.17) is 9.47 Å². The van der Waals surface area contributed by atoms with Crippen LogP contribution in [0.2, 0.25) is 0 Å². The van der Waals surface area contributed by atoms with Crippen molar-refractivity contribution in [1.82, 2.24) is 0 Å². The minimum absolute atomic E-state index is 0.0922. The van der Waals surface area contributed by atoms with Crippen LogP contribution in [0.3, 0.4) is 0 Å². The van der Waals surface area contributed by atoms with Crippen molar-refractivity contribution < 1.29 is 29.3 Å². The molecule has 186 valence electrons. The number of phenolic OH excluding ortho intramolecular Hbond substituents is 2. The smallest absolute Gasteiger partial charge is 0.305 e. The van der Waals surface area contributed by atoms with Gasteiger partial charge in [0.15, 0.2) is 0 Å². The van der Waals surface area contributed by atoms with Crippen molar-refractivity contribution in [2.24, 2.45) is 0 Å². The lowest BCUT2D eigenvalue weighted by Gasteiger charge is -2.26. The predicted octanol–water partition coefficient (Wildman–Crippen LogP) is 5.57. The van der Waals surface area contributed by atoms with E-state index in [0.717, 1.165) is 22.3 Å². The van der Waals surface area contributed by atoms with E-state index in [1.165, 1.54) is 14.2 Å². The number of carbonyl (C=O) groups is 2. The van der Waals surface area contributed by atoms with Crippen LogP contribution in [0.1, 0.15) is 76.6 Å². The van der Waals surface area contributed by atoms with Crippen molar-refractivity contribution >= 4 is 11.9 Å². The average Bonchev–Trinajstić information content (AvgIpc) is 2.75. The van der Waals surface area contributed by atoms with E-state index in [0.29, 0.717) is 24.0 Å². The first-order chi connectivity index (χ1) is 15.7. The van der Waals surface area contributed by atoms with Crippen LogP contribution in [-0.2, 0) is 42.7 Å². The van der Waals surface area contributed by atoms with Crippen molar-refractivity contribution in [2.45, 2.75) is 78.1 Å². The number of methoxy groups -OCH3 is 2. The molecule has 0 aromatic heterocycles. The number of aryl methyl sites for hydroxylation is 2. The van der Waals surface area contributed by atoms with Crippen LogP contribution in [-0.4, -0.2) is 36.4 Å². The van der Waals surface area contributed by atoms with Crippen molar-refractivity contribution in [3.63, 3.8) is 0 Å². The first kappa shape index (κ1) is 27.2. The van der Waals surface area contributed by atoms with Gasteiger partial charge in [0.1, 0.15) is 11.5 Å². The Labute approximate surface area is 202 Å². The summed E-state index contributed by atoms with van der Waals surface area (Å²) in [6.45, 7) is 12.0. The first-order valence-corrected chi connectivity index (χ1v) is 11.6. The predicted molar refractivity (Wildman–Crippen MR) is 133 cm³/mol. The van der Waals surface area contributed by atoms with E-state index in [2.05, 4.69) is 0 Å². The topological polar surface area (TPSA) is 93.1 Å². The molecular formula is C28H38O6. The van der Waals surface area contributed by atoms with E-state index in [1.807, 2.05) is 65.8 Å². The highest BCUT2D eigenvalue weighted by molar-refractivity contribution is 5.80. The molecule has 0 spiro atoms. The summed E-state index contributed by atoms with van der Waals surface area (Å²) in [5, 5.41) is 22.6. The van der Waals surface area contributed by atoms with Gasteiger partial charge in [-0.25, -0.2) is 0 Å². The second-order valence-corrected chi connectivity index (χ2v) is 10.7. The molecule has 0 aliphatic heterocycles. The highest BCUT2D eigenvalue weighted by Crippen LogP contribution is 2.46. The molecule has 0 radical (unpaired) electrons. The summed E-state index contributed by atoms with van der Waals surface area (Å²) < 4.78 is 9.57. The zero-order valence-corrected chi connectivity index (χ0v) is 21.7. The molecule has 34 heavy (non-hydrogen) atoms. The van der Waals surface area contributed by atoms with E-state index < -0.39 is 0 Å². The quantitative estimate of drug-likeness (QED) is 0.514. The molecule has 0 saturated carbocycles. The van der Waals surface area contributed by atoms with Crippen LogP contribution in [0.4, 0.5) is 0 Å². The number of esters is 2. The first-order valence-electron chi connectivity index (χ1n) is 11.6. The minimum Gasteiger partial charge on any atom is -0.507 e. The zero-order chi connectivity index (χ0) is 25.8. The van der Waals surface area contributed by atoms with Crippen LogP contribution >= 0.6 is 0 Å². The van der Waals surface area contributed by atoms with Crippen LogP contribution in [0.15, 0.2) is 24.3 Å². The molecule has 0 unspecified atom stereocenters. The third-order valence-corrected chi connectivity index (χ3v) is 5.94. The number of phenols is 2. The molecule has 0 atom stereocenters. The van der Waals surface area contributed by atoms with Gasteiger partial charge in [0.25, 0.3) is 0 Å². The highest BCUT2D eigenvalue weighted by Gasteiger charge is 2.27. The van der Waals surface area contributed by atoms with Crippen molar-refractivity contribution in [3.05, 3.63) is 46.5 Å². The largest absolute Gasteiger partial charge is 0.507 e. The Bertz CT molecular complexity index is 969. The third kappa shape index (κ3) is 6.52. The van der Waals surface area contributed by atoms with Gasteiger partial charge < -0.3 is 19.7 Å². The molecule has 6 nitrogen and oxygen atoms in total. The molecule has 2 aromatic carbocycles. The molecule has 2 aromatic rings. The van der Waals surface area contributed by atoms with Gasteiger partial charge in [0.2, 0.25) is 0 Å². The minimum atomic E-state index is -0.370. The van der Waals surface area contributed by atoms with Gasteiger partial charge in [-0.2, -0.15) is 0 Å². The van der Waals surface area contributed by atoms with Crippen LogP contribution < -0.4 is 0 Å². The number of aromatic hydroxyl groups is 2. The Balaban J connectivity index is 2.75. The van der Waals surface area contributed by atoms with Crippen molar-refractivity contribution in [3.8, 4) is 22.6 Å². The Kier molecular flexibility index (Phi) is 8.40. The highest BCUT2D eigenvalue weighted by atomic mass is 16.5. The summed E-state index contributed by atoms with van der Waals surface area (Å²) in [5.74, 6) is -0.437. The number of ether oxygens (including phenoxy) is 2. The third-order valence-electron chi connectivity index (χ3n) is 5.94. The molecule has 0 aliphatic carbocycles. The molecule has 2 rings (SSSR count). The molecule has 6 heteroatoms. The fourth-order valence-electron chi connectivity index (χ4n) is 3.93. The molecule has 0 heterocycles. The van der Waals surface area contributed by atoms with Gasteiger partial charge >= 0.3 is 11.9 Å². The fourth-order valence-corrected chi connectivity index (χ4v) is 3.93. The summed E-state index contributed by atoms with van der Waals surface area (Å²) in [5.41, 5.74) is 3.42. The second-order valence-electron chi connectivity index (χ2n) is 10.7. The zero-order valence-electron chi connectivity index (χ0n) is 21.7. The van der Waals surface area contributed by atoms with E-state index >= 15 is 0 Å². The lowest BCUT2D eigenvalue weighted by molar-refractivity contribution is -0.141. The monoisotopic (exact) mass is 470 g/mol. The van der Waals surface area contributed by atoms with E-state index in [-0.39, 0.29) is 47.1 Å². The standard InChI is InChI=1S/C28H38O6/c1-27(2,3)21-15-17(9-11-23(29)33-7)13-19(25(21)31)20-14-18(10-12-24(30)34-8)16-22(26(20)32)28(4,5)6/h13-16,31-32H,9-12H2,1-8H3. The summed E-state index contributed by atoms with van der Waals surface area (Å²) >= 11 is 0. The fraction of sp³-hybridized carbons (Fsp3) is 0.500. The summed E-state index contributed by atoms with van der Waals surface area (Å²) in [6, 6.07) is 7.45. The summed E-state index contributed by atoms with van der Waals surface area (Å²) in [6.07, 6.45) is 1.31. The maximum Gasteiger partial charge on any atom is 0.305 e. The van der Waals surface area contributed by atoms with Gasteiger partial charge in [0, 0.05) is 35.1 Å². The maximum absolute atomic E-state index is 11.7. The van der Waals surface area contributed by atoms with Crippen LogP contribution in [0, 0.1) is 0 Å². The lowest BCUT2D eigenvalue weighted by atomic mass is 9.80. The van der Waals surface area contributed by atoms with Gasteiger partial charge in [0.05, 0.1) is 14.2 Å². The molecule has 0 fully saturated rings. The van der Waals surface area contributed by atoms with Gasteiger partial charge in [-0.1, -0.05) is 53.7 Å². The molecule has 2 N–H and O–H groups in total. The van der Waals surface area contributed by atoms with Crippen LogP contribution in [0.5, 0.6) is 11.5 Å². The number of carbonyl (C=O) groups excluding carboxylic acids is 2. The van der Waals surface area contributed by atoms with Gasteiger partial charge in [-0.15, -0.1) is 0 Å².